The highest BCUT2D eigenvalue weighted by Gasteiger charge is 2.71. The quantitative estimate of drug-likeness (QED) is 0.836. The first-order valence-electron chi connectivity index (χ1n) is 4.59. The van der Waals surface area contributed by atoms with Crippen LogP contribution in [-0.2, 0) is 5.60 Å². The summed E-state index contributed by atoms with van der Waals surface area (Å²) in [6.45, 7) is 0. The lowest BCUT2D eigenvalue weighted by molar-refractivity contribution is -0.376. The molecule has 1 rings (SSSR count). The van der Waals surface area contributed by atoms with Gasteiger partial charge < -0.3 is 15.0 Å². The standard InChI is InChI=1S/C10H6F6O3/c11-9(12,13)8(19,10(14,15)16)6-3-1-5(2-4-6)7(17)18/h1-4,19H,(H,17,18)/p-1. The third kappa shape index (κ3) is 2.50. The average molecular weight is 287 g/mol. The third-order valence-electron chi connectivity index (χ3n) is 2.36. The molecule has 0 atom stereocenters. The van der Waals surface area contributed by atoms with Crippen LogP contribution in [0.5, 0.6) is 0 Å². The molecule has 0 aromatic heterocycles. The minimum atomic E-state index is -6.01. The van der Waals surface area contributed by atoms with E-state index in [2.05, 4.69) is 0 Å². The molecule has 0 bridgehead atoms. The molecule has 0 radical (unpaired) electrons. The summed E-state index contributed by atoms with van der Waals surface area (Å²) in [5.74, 6) is -1.77. The molecule has 0 aliphatic rings. The van der Waals surface area contributed by atoms with Crippen LogP contribution in [0.4, 0.5) is 26.3 Å². The number of alkyl halides is 6. The number of aliphatic hydroxyl groups is 1. The molecule has 3 nitrogen and oxygen atoms in total. The maximum Gasteiger partial charge on any atom is 0.430 e. The number of aromatic carboxylic acids is 1. The Balaban J connectivity index is 3.40. The van der Waals surface area contributed by atoms with Gasteiger partial charge in [-0.2, -0.15) is 26.3 Å². The Bertz CT molecular complexity index is 460. The second-order valence-electron chi connectivity index (χ2n) is 3.57. The van der Waals surface area contributed by atoms with Gasteiger partial charge in [0.05, 0.1) is 5.97 Å². The van der Waals surface area contributed by atoms with E-state index < -0.39 is 35.0 Å². The van der Waals surface area contributed by atoms with Crippen LogP contribution in [0, 0.1) is 0 Å². The fourth-order valence-electron chi connectivity index (χ4n) is 1.34. The van der Waals surface area contributed by atoms with Crippen molar-refractivity contribution in [3.05, 3.63) is 35.4 Å². The van der Waals surface area contributed by atoms with Gasteiger partial charge >= 0.3 is 12.4 Å². The van der Waals surface area contributed by atoms with Gasteiger partial charge in [-0.3, -0.25) is 0 Å². The lowest BCUT2D eigenvalue weighted by atomic mass is 9.91. The highest BCUT2D eigenvalue weighted by Crippen LogP contribution is 2.49. The first-order chi connectivity index (χ1) is 8.41. The van der Waals surface area contributed by atoms with Gasteiger partial charge in [-0.1, -0.05) is 24.3 Å². The first kappa shape index (κ1) is 15.3. The minimum absolute atomic E-state index is 0.228. The lowest BCUT2D eigenvalue weighted by Gasteiger charge is -2.32. The van der Waals surface area contributed by atoms with Gasteiger partial charge in [0.1, 0.15) is 0 Å². The van der Waals surface area contributed by atoms with Crippen molar-refractivity contribution in [3.63, 3.8) is 0 Å². The van der Waals surface area contributed by atoms with Gasteiger partial charge in [-0.25, -0.2) is 0 Å². The number of carbonyl (C=O) groups excluding carboxylic acids is 1. The molecule has 106 valence electrons. The average Bonchev–Trinajstić information content (AvgIpc) is 2.25. The molecule has 19 heavy (non-hydrogen) atoms. The highest BCUT2D eigenvalue weighted by molar-refractivity contribution is 5.85. The van der Waals surface area contributed by atoms with E-state index in [1.165, 1.54) is 0 Å². The molecule has 0 heterocycles. The maximum absolute atomic E-state index is 12.4. The summed E-state index contributed by atoms with van der Waals surface area (Å²) in [5.41, 5.74) is -7.21. The summed E-state index contributed by atoms with van der Waals surface area (Å²) in [7, 11) is 0. The second-order valence-corrected chi connectivity index (χ2v) is 3.57. The number of hydrogen-bond donors (Lipinski definition) is 1. The van der Waals surface area contributed by atoms with Crippen LogP contribution in [0.3, 0.4) is 0 Å². The first-order valence-corrected chi connectivity index (χ1v) is 4.59. The van der Waals surface area contributed by atoms with Crippen LogP contribution in [0.25, 0.3) is 0 Å². The lowest BCUT2D eigenvalue weighted by Crippen LogP contribution is -2.53. The van der Waals surface area contributed by atoms with Crippen molar-refractivity contribution in [2.24, 2.45) is 0 Å². The molecule has 1 aromatic rings. The van der Waals surface area contributed by atoms with E-state index in [1.54, 1.807) is 0 Å². The molecule has 0 saturated heterocycles. The molecule has 0 aliphatic carbocycles. The van der Waals surface area contributed by atoms with Crippen molar-refractivity contribution in [3.8, 4) is 0 Å². The maximum atomic E-state index is 12.4. The molecule has 9 heteroatoms. The topological polar surface area (TPSA) is 60.4 Å². The molecule has 0 aliphatic heterocycles. The normalized spacial score (nSPS) is 13.4. The van der Waals surface area contributed by atoms with Crippen molar-refractivity contribution >= 4 is 5.97 Å². The zero-order valence-corrected chi connectivity index (χ0v) is 8.84. The zero-order chi connectivity index (χ0) is 15.1. The van der Waals surface area contributed by atoms with Gasteiger partial charge in [-0.15, -0.1) is 0 Å². The summed E-state index contributed by atoms with van der Waals surface area (Å²) in [5, 5.41) is 19.3. The zero-order valence-electron chi connectivity index (χ0n) is 8.84. The Kier molecular flexibility index (Phi) is 3.55. The van der Waals surface area contributed by atoms with Crippen molar-refractivity contribution in [1.82, 2.24) is 0 Å². The molecular weight excluding hydrogens is 282 g/mol. The number of halogens is 6. The Morgan fingerprint density at radius 1 is 0.947 bits per heavy atom. The van der Waals surface area contributed by atoms with Crippen molar-refractivity contribution < 1.29 is 41.4 Å². The summed E-state index contributed by atoms with van der Waals surface area (Å²) < 4.78 is 74.7. The molecule has 1 N–H and O–H groups in total. The number of rotatable bonds is 2. The molecule has 0 saturated carbocycles. The Morgan fingerprint density at radius 2 is 1.32 bits per heavy atom. The van der Waals surface area contributed by atoms with E-state index in [0.29, 0.717) is 12.1 Å². The van der Waals surface area contributed by atoms with E-state index >= 15 is 0 Å². The molecule has 0 amide bonds. The van der Waals surface area contributed by atoms with Crippen molar-refractivity contribution in [1.29, 1.82) is 0 Å². The molecular formula is C10H5F6O3-. The molecule has 1 aromatic carbocycles. The fourth-order valence-corrected chi connectivity index (χ4v) is 1.34. The number of carboxylic acid groups (broad SMARTS) is 1. The van der Waals surface area contributed by atoms with Crippen LogP contribution < -0.4 is 5.11 Å². The van der Waals surface area contributed by atoms with Gasteiger partial charge in [0.15, 0.2) is 0 Å². The highest BCUT2D eigenvalue weighted by atomic mass is 19.4. The number of benzene rings is 1. The SMILES string of the molecule is O=C([O-])c1ccc(C(O)(C(F)(F)F)C(F)(F)F)cc1. The second kappa shape index (κ2) is 4.41. The van der Waals surface area contributed by atoms with E-state index in [0.717, 1.165) is 0 Å². The van der Waals surface area contributed by atoms with Crippen LogP contribution >= 0.6 is 0 Å². The van der Waals surface area contributed by atoms with Gasteiger partial charge in [0, 0.05) is 5.56 Å². The summed E-state index contributed by atoms with van der Waals surface area (Å²) in [6.07, 6.45) is -12.0. The van der Waals surface area contributed by atoms with Crippen LogP contribution in [0.1, 0.15) is 15.9 Å². The number of carbonyl (C=O) groups is 1. The van der Waals surface area contributed by atoms with Crippen LogP contribution in [-0.4, -0.2) is 23.4 Å². The number of hydrogen-bond acceptors (Lipinski definition) is 3. The molecule has 0 fully saturated rings. The van der Waals surface area contributed by atoms with Crippen molar-refractivity contribution in [2.75, 3.05) is 0 Å². The number of carboxylic acids is 1. The van der Waals surface area contributed by atoms with Crippen LogP contribution in [0.2, 0.25) is 0 Å². The van der Waals surface area contributed by atoms with Gasteiger partial charge in [-0.05, 0) is 5.56 Å². The van der Waals surface area contributed by atoms with E-state index in [1.807, 2.05) is 0 Å². The summed E-state index contributed by atoms with van der Waals surface area (Å²) in [6, 6.07) is 1.42. The largest absolute Gasteiger partial charge is 0.545 e. The van der Waals surface area contributed by atoms with Crippen LogP contribution in [0.15, 0.2) is 24.3 Å². The van der Waals surface area contributed by atoms with E-state index in [4.69, 9.17) is 5.11 Å². The van der Waals surface area contributed by atoms with E-state index in [9.17, 15) is 36.2 Å². The Hall–Kier alpha value is -1.77. The predicted molar refractivity (Wildman–Crippen MR) is 46.8 cm³/mol. The van der Waals surface area contributed by atoms with Gasteiger partial charge in [0.2, 0.25) is 0 Å². The minimum Gasteiger partial charge on any atom is -0.545 e. The van der Waals surface area contributed by atoms with E-state index in [-0.39, 0.29) is 12.1 Å². The Morgan fingerprint density at radius 3 is 1.58 bits per heavy atom. The monoisotopic (exact) mass is 287 g/mol. The van der Waals surface area contributed by atoms with Crippen molar-refractivity contribution in [2.45, 2.75) is 18.0 Å². The third-order valence-corrected chi connectivity index (χ3v) is 2.36. The smallest absolute Gasteiger partial charge is 0.430 e. The summed E-state index contributed by atoms with van der Waals surface area (Å²) in [4.78, 5) is 10.3. The molecule has 0 unspecified atom stereocenters. The predicted octanol–water partition coefficient (Wildman–Crippen LogP) is 1.36. The molecule has 0 spiro atoms. The Labute approximate surface area is 102 Å². The van der Waals surface area contributed by atoms with Gasteiger partial charge in [0.25, 0.3) is 5.60 Å². The summed E-state index contributed by atoms with van der Waals surface area (Å²) >= 11 is 0. The fraction of sp³-hybridized carbons (Fsp3) is 0.300.